The number of nitrogens with zero attached hydrogens (tertiary/aromatic N) is 1. The summed E-state index contributed by atoms with van der Waals surface area (Å²) < 4.78 is 11.5. The Morgan fingerprint density at radius 1 is 1.37 bits per heavy atom. The van der Waals surface area contributed by atoms with Crippen molar-refractivity contribution >= 4 is 0 Å². The molecule has 4 nitrogen and oxygen atoms in total. The van der Waals surface area contributed by atoms with Crippen molar-refractivity contribution in [1.29, 1.82) is 0 Å². The highest BCUT2D eigenvalue weighted by molar-refractivity contribution is 4.72. The lowest BCUT2D eigenvalue weighted by Gasteiger charge is -2.33. The topological polar surface area (TPSA) is 33.7 Å². The van der Waals surface area contributed by atoms with E-state index in [1.165, 1.54) is 0 Å². The van der Waals surface area contributed by atoms with Gasteiger partial charge in [0, 0.05) is 33.7 Å². The predicted octanol–water partition coefficient (Wildman–Crippen LogP) is 1.99. The van der Waals surface area contributed by atoms with E-state index in [1.807, 2.05) is 0 Å². The van der Waals surface area contributed by atoms with Crippen molar-refractivity contribution in [3.05, 3.63) is 0 Å². The van der Waals surface area contributed by atoms with Crippen LogP contribution < -0.4 is 5.32 Å². The molecule has 1 heterocycles. The maximum absolute atomic E-state index is 5.75. The molecule has 0 amide bonds. The molecule has 1 saturated heterocycles. The minimum Gasteiger partial charge on any atom is -0.379 e. The van der Waals surface area contributed by atoms with Gasteiger partial charge in [-0.1, -0.05) is 27.7 Å². The highest BCUT2D eigenvalue weighted by Crippen LogP contribution is 2.08. The molecule has 1 aliphatic rings. The van der Waals surface area contributed by atoms with Gasteiger partial charge in [0.25, 0.3) is 0 Å². The van der Waals surface area contributed by atoms with Crippen LogP contribution >= 0.6 is 0 Å². The molecule has 0 bridgehead atoms. The van der Waals surface area contributed by atoms with Crippen molar-refractivity contribution in [2.75, 3.05) is 46.0 Å². The summed E-state index contributed by atoms with van der Waals surface area (Å²) in [5, 5.41) is 3.39. The first-order chi connectivity index (χ1) is 9.08. The molecular weight excluding hydrogens is 240 g/mol. The third kappa shape index (κ3) is 8.58. The second-order valence-corrected chi connectivity index (χ2v) is 6.18. The van der Waals surface area contributed by atoms with Gasteiger partial charge in [-0.3, -0.25) is 4.90 Å². The maximum Gasteiger partial charge on any atom is 0.0935 e. The third-order valence-corrected chi connectivity index (χ3v) is 3.17. The Kier molecular flexibility index (Phi) is 8.62. The van der Waals surface area contributed by atoms with Crippen LogP contribution in [-0.4, -0.2) is 63.0 Å². The van der Waals surface area contributed by atoms with Crippen LogP contribution in [0.25, 0.3) is 0 Å². The molecular formula is C15H34N2O2. The summed E-state index contributed by atoms with van der Waals surface area (Å²) in [6.45, 7) is 15.5. The van der Waals surface area contributed by atoms with Gasteiger partial charge < -0.3 is 14.8 Å². The molecule has 4 heteroatoms. The fourth-order valence-corrected chi connectivity index (χ4v) is 2.34. The standard InChI is InChI=1S/C15H32N2O2.H2/c1-13(2)10-17-7-9-19-15(11-17)12-18-8-5-6-16-14(3)4;/h13-16H,5-12H2,1-4H3;1H/t15-;/m1./s1. The molecule has 0 saturated carbocycles. The van der Waals surface area contributed by atoms with Crippen LogP contribution in [0.3, 0.4) is 0 Å². The number of ether oxygens (including phenoxy) is 2. The number of hydrogen-bond donors (Lipinski definition) is 1. The first kappa shape index (κ1) is 16.9. The minimum atomic E-state index is 0. The molecule has 1 rings (SSSR count). The van der Waals surface area contributed by atoms with Gasteiger partial charge in [0.1, 0.15) is 0 Å². The Balaban J connectivity index is 0.00000361. The van der Waals surface area contributed by atoms with E-state index in [0.29, 0.717) is 6.04 Å². The summed E-state index contributed by atoms with van der Waals surface area (Å²) in [4.78, 5) is 2.49. The number of rotatable bonds is 9. The molecule has 0 aromatic heterocycles. The average molecular weight is 274 g/mol. The monoisotopic (exact) mass is 274 g/mol. The Bertz CT molecular complexity index is 228. The number of nitrogens with one attached hydrogen (secondary N) is 1. The van der Waals surface area contributed by atoms with Gasteiger partial charge in [-0.25, -0.2) is 0 Å². The van der Waals surface area contributed by atoms with Crippen LogP contribution in [-0.2, 0) is 9.47 Å². The molecule has 0 aromatic carbocycles. The molecule has 0 spiro atoms. The third-order valence-electron chi connectivity index (χ3n) is 3.17. The second-order valence-electron chi connectivity index (χ2n) is 6.18. The van der Waals surface area contributed by atoms with Crippen LogP contribution in [0.2, 0.25) is 0 Å². The summed E-state index contributed by atoms with van der Waals surface area (Å²) in [6, 6.07) is 0.561. The normalized spacial score (nSPS) is 21.5. The van der Waals surface area contributed by atoms with E-state index < -0.39 is 0 Å². The fraction of sp³-hybridized carbons (Fsp3) is 1.00. The van der Waals surface area contributed by atoms with Gasteiger partial charge in [0.15, 0.2) is 0 Å². The zero-order valence-electron chi connectivity index (χ0n) is 13.2. The Labute approximate surface area is 120 Å². The smallest absolute Gasteiger partial charge is 0.0935 e. The van der Waals surface area contributed by atoms with Gasteiger partial charge in [-0.2, -0.15) is 0 Å². The zero-order valence-corrected chi connectivity index (χ0v) is 13.2. The van der Waals surface area contributed by atoms with Gasteiger partial charge in [0.2, 0.25) is 0 Å². The van der Waals surface area contributed by atoms with Crippen LogP contribution in [0.5, 0.6) is 0 Å². The lowest BCUT2D eigenvalue weighted by molar-refractivity contribution is -0.0712. The number of morpholine rings is 1. The second kappa shape index (κ2) is 9.70. The maximum atomic E-state index is 5.75. The highest BCUT2D eigenvalue weighted by atomic mass is 16.5. The largest absolute Gasteiger partial charge is 0.379 e. The summed E-state index contributed by atoms with van der Waals surface area (Å²) >= 11 is 0. The van der Waals surface area contributed by atoms with Crippen molar-refractivity contribution in [1.82, 2.24) is 10.2 Å². The van der Waals surface area contributed by atoms with Gasteiger partial charge in [0.05, 0.1) is 19.3 Å². The van der Waals surface area contributed by atoms with E-state index in [4.69, 9.17) is 9.47 Å². The van der Waals surface area contributed by atoms with Crippen LogP contribution in [0, 0.1) is 5.92 Å². The van der Waals surface area contributed by atoms with Crippen LogP contribution in [0.4, 0.5) is 0 Å². The minimum absolute atomic E-state index is 0. The summed E-state index contributed by atoms with van der Waals surface area (Å²) in [5.74, 6) is 0.724. The average Bonchev–Trinajstić information content (AvgIpc) is 2.33. The molecule has 0 aliphatic carbocycles. The van der Waals surface area contributed by atoms with Crippen molar-refractivity contribution in [3.63, 3.8) is 0 Å². The van der Waals surface area contributed by atoms with Crippen LogP contribution in [0.1, 0.15) is 35.5 Å². The molecule has 116 valence electrons. The molecule has 1 fully saturated rings. The van der Waals surface area contributed by atoms with Crippen molar-refractivity contribution in [2.24, 2.45) is 5.92 Å². The Hall–Kier alpha value is -0.160. The summed E-state index contributed by atoms with van der Waals surface area (Å²) in [5.41, 5.74) is 0. The molecule has 0 radical (unpaired) electrons. The van der Waals surface area contributed by atoms with Crippen molar-refractivity contribution in [3.8, 4) is 0 Å². The van der Waals surface area contributed by atoms with E-state index in [-0.39, 0.29) is 7.53 Å². The molecule has 1 atom stereocenters. The number of hydrogen-bond acceptors (Lipinski definition) is 4. The summed E-state index contributed by atoms with van der Waals surface area (Å²) in [7, 11) is 0. The molecule has 1 N–H and O–H groups in total. The zero-order chi connectivity index (χ0) is 14.1. The quantitative estimate of drug-likeness (QED) is 0.652. The van der Waals surface area contributed by atoms with E-state index >= 15 is 0 Å². The molecule has 0 unspecified atom stereocenters. The first-order valence-corrected chi connectivity index (χ1v) is 7.73. The predicted molar refractivity (Wildman–Crippen MR) is 81.7 cm³/mol. The van der Waals surface area contributed by atoms with Gasteiger partial charge >= 0.3 is 0 Å². The van der Waals surface area contributed by atoms with Crippen LogP contribution in [0.15, 0.2) is 0 Å². The molecule has 19 heavy (non-hydrogen) atoms. The molecule has 0 aromatic rings. The van der Waals surface area contributed by atoms with Gasteiger partial charge in [-0.15, -0.1) is 0 Å². The van der Waals surface area contributed by atoms with E-state index in [0.717, 1.165) is 58.3 Å². The Morgan fingerprint density at radius 3 is 2.84 bits per heavy atom. The highest BCUT2D eigenvalue weighted by Gasteiger charge is 2.20. The van der Waals surface area contributed by atoms with E-state index in [2.05, 4.69) is 37.9 Å². The lowest BCUT2D eigenvalue weighted by Crippen LogP contribution is -2.45. The lowest BCUT2D eigenvalue weighted by atomic mass is 10.2. The SMILES string of the molecule is CC(C)CN1CCO[C@@H](COCCCNC(C)C)C1.[HH]. The first-order valence-electron chi connectivity index (χ1n) is 7.73. The fourth-order valence-electron chi connectivity index (χ4n) is 2.34. The van der Waals surface area contributed by atoms with Crippen molar-refractivity contribution < 1.29 is 10.9 Å². The van der Waals surface area contributed by atoms with E-state index in [1.54, 1.807) is 0 Å². The van der Waals surface area contributed by atoms with Crippen molar-refractivity contribution in [2.45, 2.75) is 46.3 Å². The van der Waals surface area contributed by atoms with Gasteiger partial charge in [-0.05, 0) is 18.9 Å². The molecule has 1 aliphatic heterocycles. The Morgan fingerprint density at radius 2 is 2.16 bits per heavy atom. The van der Waals surface area contributed by atoms with E-state index in [9.17, 15) is 0 Å². The summed E-state index contributed by atoms with van der Waals surface area (Å²) in [6.07, 6.45) is 1.33.